The first-order valence-corrected chi connectivity index (χ1v) is 9.63. The molecule has 1 N–H and O–H groups in total. The van der Waals surface area contributed by atoms with Gasteiger partial charge in [0, 0.05) is 31.9 Å². The lowest BCUT2D eigenvalue weighted by molar-refractivity contribution is 0.00954. The van der Waals surface area contributed by atoms with E-state index in [1.165, 1.54) is 6.26 Å². The molecule has 0 bridgehead atoms. The number of ether oxygens (including phenoxy) is 1. The smallest absolute Gasteiger partial charge is 0.177 e. The van der Waals surface area contributed by atoms with E-state index in [0.717, 1.165) is 32.8 Å². The van der Waals surface area contributed by atoms with Gasteiger partial charge in [0.25, 0.3) is 0 Å². The summed E-state index contributed by atoms with van der Waals surface area (Å²) in [5.41, 5.74) is 0.684. The second kappa shape index (κ2) is 7.44. The third kappa shape index (κ3) is 4.44. The van der Waals surface area contributed by atoms with Gasteiger partial charge in [0.2, 0.25) is 0 Å². The van der Waals surface area contributed by atoms with Crippen LogP contribution in [0.4, 0.5) is 5.69 Å². The zero-order valence-electron chi connectivity index (χ0n) is 13.6. The minimum Gasteiger partial charge on any atom is -0.382 e. The lowest BCUT2D eigenvalue weighted by Gasteiger charge is -2.37. The molecule has 0 aromatic heterocycles. The fraction of sp³-hybridized carbons (Fsp3) is 0.625. The van der Waals surface area contributed by atoms with Crippen molar-refractivity contribution in [1.29, 1.82) is 0 Å². The molecule has 1 fully saturated rings. The van der Waals surface area contributed by atoms with Gasteiger partial charge in [-0.15, -0.1) is 0 Å². The van der Waals surface area contributed by atoms with E-state index in [-0.39, 0.29) is 0 Å². The van der Waals surface area contributed by atoms with Crippen LogP contribution in [0.2, 0.25) is 0 Å². The highest BCUT2D eigenvalue weighted by Gasteiger charge is 2.24. The van der Waals surface area contributed by atoms with Crippen molar-refractivity contribution in [1.82, 2.24) is 4.90 Å². The second-order valence-electron chi connectivity index (χ2n) is 6.11. The van der Waals surface area contributed by atoms with Gasteiger partial charge < -0.3 is 10.1 Å². The van der Waals surface area contributed by atoms with Gasteiger partial charge in [0.15, 0.2) is 9.84 Å². The van der Waals surface area contributed by atoms with Gasteiger partial charge in [0.1, 0.15) is 0 Å². The van der Waals surface area contributed by atoms with Crippen LogP contribution >= 0.6 is 0 Å². The molecule has 124 valence electrons. The van der Waals surface area contributed by atoms with E-state index >= 15 is 0 Å². The molecule has 0 amide bonds. The zero-order valence-corrected chi connectivity index (χ0v) is 14.4. The van der Waals surface area contributed by atoms with Gasteiger partial charge in [0.05, 0.1) is 23.8 Å². The Hall–Kier alpha value is -1.11. The summed E-state index contributed by atoms with van der Waals surface area (Å²) >= 11 is 0. The van der Waals surface area contributed by atoms with Crippen LogP contribution < -0.4 is 5.32 Å². The predicted octanol–water partition coefficient (Wildman–Crippen LogP) is 1.86. The molecular formula is C16H26N2O3S. The Morgan fingerprint density at radius 2 is 1.86 bits per heavy atom. The number of nitrogens with one attached hydrogen (secondary N) is 1. The summed E-state index contributed by atoms with van der Waals surface area (Å²) in [6.07, 6.45) is 1.25. The molecular weight excluding hydrogens is 300 g/mol. The molecule has 2 rings (SSSR count). The minimum absolute atomic E-state index is 0.358. The number of sulfone groups is 1. The van der Waals surface area contributed by atoms with Crippen molar-refractivity contribution in [2.45, 2.75) is 24.8 Å². The van der Waals surface area contributed by atoms with Crippen LogP contribution in [0.25, 0.3) is 0 Å². The number of hydrogen-bond donors (Lipinski definition) is 1. The molecule has 1 aliphatic rings. The molecule has 1 aliphatic heterocycles. The van der Waals surface area contributed by atoms with Gasteiger partial charge in [-0.1, -0.05) is 26.0 Å². The third-order valence-electron chi connectivity index (χ3n) is 4.07. The molecule has 1 aromatic carbocycles. The molecule has 0 spiro atoms. The van der Waals surface area contributed by atoms with E-state index in [2.05, 4.69) is 24.1 Å². The normalized spacial score (nSPS) is 18.4. The van der Waals surface area contributed by atoms with Gasteiger partial charge in [-0.05, 0) is 18.1 Å². The van der Waals surface area contributed by atoms with Crippen LogP contribution in [0.3, 0.4) is 0 Å². The lowest BCUT2D eigenvalue weighted by Crippen LogP contribution is -2.49. The standard InChI is InChI=1S/C16H26N2O3S/c1-13(2)15(18-8-10-21-11-9-18)12-17-14-6-4-5-7-16(14)22(3,19)20/h4-7,13,15,17H,8-12H2,1-3H3/t15-/m0/s1. The molecule has 1 saturated heterocycles. The molecule has 0 unspecified atom stereocenters. The van der Waals surface area contributed by atoms with Gasteiger partial charge in [-0.2, -0.15) is 0 Å². The Morgan fingerprint density at radius 3 is 2.45 bits per heavy atom. The Kier molecular flexibility index (Phi) is 5.83. The molecule has 0 saturated carbocycles. The summed E-state index contributed by atoms with van der Waals surface area (Å²) in [6.45, 7) is 8.52. The average Bonchev–Trinajstić information content (AvgIpc) is 2.47. The molecule has 6 heteroatoms. The number of rotatable bonds is 6. The summed E-state index contributed by atoms with van der Waals surface area (Å²) in [5, 5.41) is 3.34. The fourth-order valence-corrected chi connectivity index (χ4v) is 3.71. The predicted molar refractivity (Wildman–Crippen MR) is 89.1 cm³/mol. The van der Waals surface area contributed by atoms with E-state index < -0.39 is 9.84 Å². The van der Waals surface area contributed by atoms with Crippen molar-refractivity contribution in [2.75, 3.05) is 44.4 Å². The van der Waals surface area contributed by atoms with E-state index in [0.29, 0.717) is 22.5 Å². The molecule has 22 heavy (non-hydrogen) atoms. The number of para-hydroxylation sites is 1. The van der Waals surface area contributed by atoms with Crippen molar-refractivity contribution in [2.24, 2.45) is 5.92 Å². The quantitative estimate of drug-likeness (QED) is 0.865. The maximum atomic E-state index is 11.9. The molecule has 0 radical (unpaired) electrons. The van der Waals surface area contributed by atoms with Crippen molar-refractivity contribution in [3.8, 4) is 0 Å². The highest BCUT2D eigenvalue weighted by molar-refractivity contribution is 7.90. The summed E-state index contributed by atoms with van der Waals surface area (Å²) in [6, 6.07) is 7.44. The third-order valence-corrected chi connectivity index (χ3v) is 5.23. The van der Waals surface area contributed by atoms with Crippen LogP contribution in [0, 0.1) is 5.92 Å². The molecule has 5 nitrogen and oxygen atoms in total. The van der Waals surface area contributed by atoms with E-state index in [9.17, 15) is 8.42 Å². The maximum Gasteiger partial charge on any atom is 0.177 e. The van der Waals surface area contributed by atoms with E-state index in [4.69, 9.17) is 4.74 Å². The number of anilines is 1. The number of nitrogens with zero attached hydrogens (tertiary/aromatic N) is 1. The first-order valence-electron chi connectivity index (χ1n) is 7.74. The highest BCUT2D eigenvalue weighted by Crippen LogP contribution is 2.22. The average molecular weight is 326 g/mol. The first-order chi connectivity index (χ1) is 10.4. The molecule has 0 aliphatic carbocycles. The SMILES string of the molecule is CC(C)[C@H](CNc1ccccc1S(C)(=O)=O)N1CCOCC1. The Bertz CT molecular complexity index is 581. The van der Waals surface area contributed by atoms with Crippen molar-refractivity contribution < 1.29 is 13.2 Å². The van der Waals surface area contributed by atoms with Crippen molar-refractivity contribution in [3.63, 3.8) is 0 Å². The lowest BCUT2D eigenvalue weighted by atomic mass is 10.0. The molecule has 1 atom stereocenters. The fourth-order valence-electron chi connectivity index (χ4n) is 2.85. The largest absolute Gasteiger partial charge is 0.382 e. The van der Waals surface area contributed by atoms with Crippen LogP contribution in [0.5, 0.6) is 0 Å². The molecule has 1 heterocycles. The Labute approximate surface area is 133 Å². The highest BCUT2D eigenvalue weighted by atomic mass is 32.2. The maximum absolute atomic E-state index is 11.9. The van der Waals surface area contributed by atoms with E-state index in [1.54, 1.807) is 12.1 Å². The zero-order chi connectivity index (χ0) is 16.2. The van der Waals surface area contributed by atoms with Crippen LogP contribution in [-0.2, 0) is 14.6 Å². The number of morpholine rings is 1. The number of hydrogen-bond acceptors (Lipinski definition) is 5. The van der Waals surface area contributed by atoms with Gasteiger partial charge >= 0.3 is 0 Å². The van der Waals surface area contributed by atoms with Crippen molar-refractivity contribution >= 4 is 15.5 Å². The van der Waals surface area contributed by atoms with Gasteiger partial charge in [-0.3, -0.25) is 4.90 Å². The topological polar surface area (TPSA) is 58.6 Å². The minimum atomic E-state index is -3.22. The molecule has 1 aromatic rings. The van der Waals surface area contributed by atoms with Crippen molar-refractivity contribution in [3.05, 3.63) is 24.3 Å². The van der Waals surface area contributed by atoms with Gasteiger partial charge in [-0.25, -0.2) is 8.42 Å². The second-order valence-corrected chi connectivity index (χ2v) is 8.09. The summed E-state index contributed by atoms with van der Waals surface area (Å²) in [5.74, 6) is 0.482. The summed E-state index contributed by atoms with van der Waals surface area (Å²) < 4.78 is 29.1. The monoisotopic (exact) mass is 326 g/mol. The summed E-state index contributed by atoms with van der Waals surface area (Å²) in [7, 11) is -3.22. The van der Waals surface area contributed by atoms with Crippen LogP contribution in [0.15, 0.2) is 29.2 Å². The number of benzene rings is 1. The first kappa shape index (κ1) is 17.2. The van der Waals surface area contributed by atoms with Crippen LogP contribution in [0.1, 0.15) is 13.8 Å². The summed E-state index contributed by atoms with van der Waals surface area (Å²) in [4.78, 5) is 2.78. The van der Waals surface area contributed by atoms with E-state index in [1.807, 2.05) is 12.1 Å². The Balaban J connectivity index is 2.10. The van der Waals surface area contributed by atoms with Crippen LogP contribution in [-0.4, -0.2) is 58.5 Å². The Morgan fingerprint density at radius 1 is 1.23 bits per heavy atom.